The summed E-state index contributed by atoms with van der Waals surface area (Å²) >= 11 is 5.94. The summed E-state index contributed by atoms with van der Waals surface area (Å²) < 4.78 is 77.6. The van der Waals surface area contributed by atoms with Gasteiger partial charge in [-0.1, -0.05) is 27.7 Å². The molecule has 10 N–H and O–H groups in total. The average molecular weight is 1570 g/mol. The third kappa shape index (κ3) is 45.2. The fourth-order valence-electron chi connectivity index (χ4n) is 7.54. The van der Waals surface area contributed by atoms with E-state index in [1.807, 2.05) is 50.3 Å². The van der Waals surface area contributed by atoms with E-state index in [1.54, 1.807) is 6.07 Å². The second-order valence-electron chi connectivity index (χ2n) is 21.3. The number of carbonyl (C=O) groups excluding carboxylic acids is 7. The molecule has 33 nitrogen and oxygen atoms in total. The summed E-state index contributed by atoms with van der Waals surface area (Å²) in [7, 11) is 7.12. The molecule has 0 saturated carbocycles. The summed E-state index contributed by atoms with van der Waals surface area (Å²) in [5.41, 5.74) is 2.15. The molecule has 2 aromatic rings. The van der Waals surface area contributed by atoms with Crippen molar-refractivity contribution in [2.24, 2.45) is 7.05 Å². The Kier molecular flexibility index (Phi) is 57.4. The number of carbonyl (C=O) groups is 8. The monoisotopic (exact) mass is 1570 g/mol. The van der Waals surface area contributed by atoms with Gasteiger partial charge < -0.3 is 103 Å². The van der Waals surface area contributed by atoms with E-state index in [-0.39, 0.29) is 170 Å². The van der Waals surface area contributed by atoms with Crippen LogP contribution in [0.1, 0.15) is 134 Å². The molecule has 36 heteroatoms. The Morgan fingerprint density at radius 2 is 1.03 bits per heavy atom. The zero-order chi connectivity index (χ0) is 76.0. The van der Waals surface area contributed by atoms with Crippen LogP contribution in [0.2, 0.25) is 0 Å². The number of aliphatic hydroxyl groups is 5. The number of amides is 3. The van der Waals surface area contributed by atoms with Crippen LogP contribution in [0, 0.1) is 16.3 Å². The van der Waals surface area contributed by atoms with Gasteiger partial charge in [-0.3, -0.25) is 47.8 Å². The molecule has 0 saturated heterocycles. The Hall–Kier alpha value is -5.82. The molecule has 8 unspecified atom stereocenters. The van der Waals surface area contributed by atoms with Crippen molar-refractivity contribution in [3.63, 3.8) is 0 Å². The molecule has 1 aromatic heterocycles. The minimum Gasteiger partial charge on any atom is -0.481 e. The molecule has 3 amide bonds. The minimum atomic E-state index is -0.999. The molecule has 1 heterocycles. The maximum atomic E-state index is 14.5. The fraction of sp³-hybridized carbons (Fsp3) is 0.703. The second-order valence-corrected chi connectivity index (χ2v) is 22.9. The number of methoxy groups -OCH3 is 4. The fourth-order valence-corrected chi connectivity index (χ4v) is 8.10. The summed E-state index contributed by atoms with van der Waals surface area (Å²) in [6, 6.07) is 4.78. The summed E-state index contributed by atoms with van der Waals surface area (Å²) in [4.78, 5) is 112. The summed E-state index contributed by atoms with van der Waals surface area (Å²) in [6.45, 7) is 9.42. The number of carboxylic acids is 1. The maximum Gasteiger partial charge on any atom is 0.328 e. The number of pyridine rings is 1. The van der Waals surface area contributed by atoms with E-state index in [9.17, 15) is 52.6 Å². The van der Waals surface area contributed by atoms with Crippen LogP contribution in [0.5, 0.6) is 0 Å². The minimum absolute atomic E-state index is 0.00508. The van der Waals surface area contributed by atoms with Gasteiger partial charge >= 0.3 is 29.8 Å². The SMILES string of the molecule is CCC(CO)OC(CO)OC.CCC(CO)OC(COC(=O)CCCC(=O)NCCS)OC.CCC(CO)OC(COC(=O)CCCC(=O)N[C@@H](C)C(=O)OCCONC(=O)c1cc(C)c(=O)n(C)c1Nc1ccc(I)cc1F)OC.CCC(CO)OC(COC(=O)CCCC(=O)O)OC. The first-order valence-corrected chi connectivity index (χ1v) is 34.0. The molecule has 0 spiro atoms. The molecule has 0 aliphatic rings. The van der Waals surface area contributed by atoms with Crippen LogP contribution < -0.4 is 27.0 Å². The second kappa shape index (κ2) is 59.7. The number of aliphatic carboxylic acids is 1. The number of benzene rings is 1. The molecule has 0 radical (unpaired) electrons. The number of nitrogens with zero attached hydrogens (tertiary/aromatic N) is 1. The van der Waals surface area contributed by atoms with Crippen molar-refractivity contribution in [1.82, 2.24) is 20.7 Å². The number of esters is 4. The van der Waals surface area contributed by atoms with E-state index in [1.165, 1.54) is 72.1 Å². The maximum absolute atomic E-state index is 14.5. The number of ether oxygens (including phenoxy) is 12. The van der Waals surface area contributed by atoms with Gasteiger partial charge in [-0.15, -0.1) is 0 Å². The molecular formula is C64H107FIN5O28S. The van der Waals surface area contributed by atoms with E-state index < -0.39 is 84.8 Å². The highest BCUT2D eigenvalue weighted by molar-refractivity contribution is 14.1. The van der Waals surface area contributed by atoms with Gasteiger partial charge in [0.1, 0.15) is 50.7 Å². The number of thiol groups is 1. The Morgan fingerprint density at radius 3 is 1.42 bits per heavy atom. The van der Waals surface area contributed by atoms with Gasteiger partial charge in [0.05, 0.1) is 68.7 Å². The highest BCUT2D eigenvalue weighted by atomic mass is 127. The highest BCUT2D eigenvalue weighted by Gasteiger charge is 2.23. The number of aliphatic hydroxyl groups excluding tert-OH is 5. The zero-order valence-electron chi connectivity index (χ0n) is 59.0. The Balaban J connectivity index is 0. The van der Waals surface area contributed by atoms with Crippen LogP contribution in [0.25, 0.3) is 0 Å². The van der Waals surface area contributed by atoms with E-state index in [2.05, 4.69) is 34.1 Å². The lowest BCUT2D eigenvalue weighted by Crippen LogP contribution is -2.40. The van der Waals surface area contributed by atoms with Crippen molar-refractivity contribution in [1.29, 1.82) is 0 Å². The molecule has 0 fully saturated rings. The van der Waals surface area contributed by atoms with Crippen molar-refractivity contribution < 1.29 is 135 Å². The van der Waals surface area contributed by atoms with Crippen molar-refractivity contribution in [2.75, 3.05) is 112 Å². The summed E-state index contributed by atoms with van der Waals surface area (Å²) in [5, 5.41) is 60.9. The lowest BCUT2D eigenvalue weighted by Gasteiger charge is -2.21. The first-order valence-electron chi connectivity index (χ1n) is 32.3. The van der Waals surface area contributed by atoms with Gasteiger partial charge in [-0.25, -0.2) is 14.7 Å². The summed E-state index contributed by atoms with van der Waals surface area (Å²) in [6.07, 6.45) is -0.678. The molecule has 2 rings (SSSR count). The Bertz CT molecular complexity index is 2660. The van der Waals surface area contributed by atoms with E-state index >= 15 is 0 Å². The number of hydroxylamine groups is 1. The van der Waals surface area contributed by atoms with Gasteiger partial charge in [-0.05, 0) is 106 Å². The molecule has 576 valence electrons. The Morgan fingerprint density at radius 1 is 0.600 bits per heavy atom. The molecule has 1 aromatic carbocycles. The van der Waals surface area contributed by atoms with Crippen LogP contribution in [0.15, 0.2) is 29.1 Å². The lowest BCUT2D eigenvalue weighted by atomic mass is 10.1. The van der Waals surface area contributed by atoms with Gasteiger partial charge in [0.15, 0.2) is 25.2 Å². The van der Waals surface area contributed by atoms with E-state index in [0.717, 1.165) is 0 Å². The molecule has 0 aliphatic heterocycles. The van der Waals surface area contributed by atoms with E-state index in [0.29, 0.717) is 48.0 Å². The molecule has 0 bridgehead atoms. The van der Waals surface area contributed by atoms with Crippen LogP contribution in [0.4, 0.5) is 15.9 Å². The number of anilines is 2. The molecular weight excluding hydrogens is 1460 g/mol. The number of halogens is 2. The first kappa shape index (κ1) is 96.2. The first-order chi connectivity index (χ1) is 47.7. The van der Waals surface area contributed by atoms with Crippen LogP contribution in [-0.2, 0) is 102 Å². The molecule has 100 heavy (non-hydrogen) atoms. The number of nitrogens with one attached hydrogen (secondary N) is 4. The topological polar surface area (TPSA) is 448 Å². The number of aryl methyl sites for hydroxylation is 1. The highest BCUT2D eigenvalue weighted by Crippen LogP contribution is 2.24. The smallest absolute Gasteiger partial charge is 0.328 e. The van der Waals surface area contributed by atoms with Crippen LogP contribution >= 0.6 is 35.2 Å². The lowest BCUT2D eigenvalue weighted by molar-refractivity contribution is -0.194. The quantitative estimate of drug-likeness (QED) is 0.00862. The number of carboxylic acid groups (broad SMARTS) is 1. The Labute approximate surface area is 602 Å². The number of hydrogen-bond donors (Lipinski definition) is 11. The van der Waals surface area contributed by atoms with Crippen LogP contribution in [-0.4, -0.2) is 245 Å². The third-order valence-corrected chi connectivity index (χ3v) is 14.4. The van der Waals surface area contributed by atoms with Gasteiger partial charge in [-0.2, -0.15) is 12.6 Å². The number of rotatable bonds is 50. The van der Waals surface area contributed by atoms with Crippen molar-refractivity contribution in [2.45, 2.75) is 181 Å². The van der Waals surface area contributed by atoms with E-state index in [4.69, 9.17) is 87.2 Å². The van der Waals surface area contributed by atoms with Crippen molar-refractivity contribution in [3.05, 3.63) is 55.1 Å². The predicted molar refractivity (Wildman–Crippen MR) is 369 cm³/mol. The third-order valence-electron chi connectivity index (χ3n) is 13.5. The number of hydrogen-bond acceptors (Lipinski definition) is 29. The van der Waals surface area contributed by atoms with Crippen molar-refractivity contribution >= 4 is 94.3 Å². The average Bonchev–Trinajstić information content (AvgIpc) is 0.795. The van der Waals surface area contributed by atoms with Gasteiger partial charge in [0.25, 0.3) is 11.5 Å². The van der Waals surface area contributed by atoms with Crippen LogP contribution in [0.3, 0.4) is 0 Å². The predicted octanol–water partition coefficient (Wildman–Crippen LogP) is 3.15. The summed E-state index contributed by atoms with van der Waals surface area (Å²) in [5.74, 6) is -4.45. The van der Waals surface area contributed by atoms with Crippen molar-refractivity contribution in [3.8, 4) is 0 Å². The molecule has 0 aliphatic carbocycles. The standard InChI is InChI=1S/C31H42FIN4O11.C14H27NO6S.C12H22O7.C7H16O4/c1-6-21(16-38)48-27(44-5)17-46-26(40)9-7-8-25(39)34-19(3)31(43)45-12-13-47-36-29(41)22-14-18(2)30(42)37(4)28(22)35-24-11-10-20(33)15-23(24)32;1-3-11(9-16)21-14(19-2)10-20-13(18)6-4-5-12(17)15-7-8-22;1-3-9(7-13)19-12(17-2)8-18-11(16)6-4-5-10(14)15;1-3-6(4-8)11-7(5-9)10-2/h10-11,14-15,19,21,27,35,38H,6-9,12-13,16-17H2,1-5H3,(H,34,39)(H,36,41);11,14,16,22H,3-10H2,1-2H3,(H,15,17);9,12-13H,3-8H2,1-2H3,(H,14,15);6-9H,3-5H2,1-2H3/t19-,21?,27?;;;/m0.../s1. The number of aromatic nitrogens is 1. The normalized spacial score (nSPS) is 13.6. The molecule has 9 atom stereocenters. The zero-order valence-corrected chi connectivity index (χ0v) is 62.1. The largest absolute Gasteiger partial charge is 0.481 e. The van der Waals surface area contributed by atoms with Gasteiger partial charge in [0.2, 0.25) is 11.8 Å². The van der Waals surface area contributed by atoms with Gasteiger partial charge in [0, 0.05) is 95.4 Å².